The molecule has 0 aliphatic rings. The van der Waals surface area contributed by atoms with E-state index in [0.29, 0.717) is 0 Å². The van der Waals surface area contributed by atoms with Crippen LogP contribution in [0.5, 0.6) is 11.5 Å². The Hall–Kier alpha value is -3.07. The molecule has 2 aromatic rings. The largest absolute Gasteiger partial charge is 0.501 e. The Labute approximate surface area is 130 Å². The Morgan fingerprint density at radius 2 is 1.09 bits per heavy atom. The fourth-order valence-corrected chi connectivity index (χ4v) is 2.43. The summed E-state index contributed by atoms with van der Waals surface area (Å²) in [6.45, 7) is 0. The third kappa shape index (κ3) is 3.98. The van der Waals surface area contributed by atoms with Gasteiger partial charge in [0.2, 0.25) is 0 Å². The van der Waals surface area contributed by atoms with Crippen molar-refractivity contribution in [2.75, 3.05) is 0 Å². The molecule has 2 N–H and O–H groups in total. The Balaban J connectivity index is 2.31. The fourth-order valence-electron chi connectivity index (χ4n) is 1.67. The van der Waals surface area contributed by atoms with Gasteiger partial charge in [0.1, 0.15) is 11.1 Å². The van der Waals surface area contributed by atoms with Crippen LogP contribution in [0.25, 0.3) is 0 Å². The van der Waals surface area contributed by atoms with Gasteiger partial charge in [-0.05, 0) is 24.3 Å². The number of hydrogen-bond acceptors (Lipinski definition) is 6. The molecule has 0 radical (unpaired) electrons. The van der Waals surface area contributed by atoms with Gasteiger partial charge in [0.25, 0.3) is 0 Å². The number of carboxylic acids is 2. The van der Waals surface area contributed by atoms with Crippen molar-refractivity contribution in [2.45, 2.75) is 0 Å². The molecule has 0 bridgehead atoms. The van der Waals surface area contributed by atoms with Crippen LogP contribution >= 0.6 is 0 Å². The van der Waals surface area contributed by atoms with Gasteiger partial charge in [-0.2, -0.15) is 0 Å². The molecular formula is C14H10O8S. The molecular weight excluding hydrogens is 328 g/mol. The minimum absolute atomic E-state index is 0.383. The lowest BCUT2D eigenvalue weighted by Gasteiger charge is -2.10. The van der Waals surface area contributed by atoms with Crippen LogP contribution < -0.4 is 8.37 Å². The predicted octanol–water partition coefficient (Wildman–Crippen LogP) is 1.79. The number of carboxylic acid groups (broad SMARTS) is 2. The summed E-state index contributed by atoms with van der Waals surface area (Å²) in [5.74, 6) is -3.68. The van der Waals surface area contributed by atoms with E-state index in [0.717, 1.165) is 24.3 Å². The fraction of sp³-hybridized carbons (Fsp3) is 0. The summed E-state index contributed by atoms with van der Waals surface area (Å²) >= 11 is 0. The topological polar surface area (TPSA) is 127 Å². The third-order valence-electron chi connectivity index (χ3n) is 2.62. The first-order valence-corrected chi connectivity index (χ1v) is 7.42. The van der Waals surface area contributed by atoms with Crippen LogP contribution in [-0.2, 0) is 10.4 Å². The highest BCUT2D eigenvalue weighted by Gasteiger charge is 2.23. The second kappa shape index (κ2) is 6.36. The van der Waals surface area contributed by atoms with Crippen molar-refractivity contribution in [3.8, 4) is 11.5 Å². The van der Waals surface area contributed by atoms with Crippen LogP contribution in [-0.4, -0.2) is 30.6 Å². The molecule has 0 amide bonds. The standard InChI is InChI=1S/C14H10O8S/c15-13(16)9-5-1-3-7-11(9)21-23(19,20)22-12-8-4-2-6-10(12)14(17)18/h1-8H,(H,15,16)(H,17,18). The van der Waals surface area contributed by atoms with E-state index in [9.17, 15) is 18.0 Å². The third-order valence-corrected chi connectivity index (χ3v) is 3.39. The van der Waals surface area contributed by atoms with E-state index < -0.39 is 33.8 Å². The van der Waals surface area contributed by atoms with Gasteiger partial charge in [0.05, 0.1) is 0 Å². The van der Waals surface area contributed by atoms with E-state index >= 15 is 0 Å². The molecule has 0 spiro atoms. The summed E-state index contributed by atoms with van der Waals surface area (Å²) in [5, 5.41) is 18.0. The van der Waals surface area contributed by atoms with Crippen molar-refractivity contribution in [1.29, 1.82) is 0 Å². The van der Waals surface area contributed by atoms with E-state index in [1.165, 1.54) is 24.3 Å². The molecule has 23 heavy (non-hydrogen) atoms. The van der Waals surface area contributed by atoms with Gasteiger partial charge in [0, 0.05) is 0 Å². The number of para-hydroxylation sites is 2. The summed E-state index contributed by atoms with van der Waals surface area (Å²) in [6.07, 6.45) is 0. The van der Waals surface area contributed by atoms with Crippen LogP contribution in [0, 0.1) is 0 Å². The quantitative estimate of drug-likeness (QED) is 0.816. The first-order valence-electron chi connectivity index (χ1n) is 6.09. The van der Waals surface area contributed by atoms with Gasteiger partial charge >= 0.3 is 22.3 Å². The Morgan fingerprint density at radius 1 is 0.739 bits per heavy atom. The number of benzene rings is 2. The molecule has 0 aromatic heterocycles. The second-order valence-electron chi connectivity index (χ2n) is 4.18. The number of rotatable bonds is 6. The smallest absolute Gasteiger partial charge is 0.478 e. The Bertz CT molecular complexity index is 791. The van der Waals surface area contributed by atoms with Crippen molar-refractivity contribution in [1.82, 2.24) is 0 Å². The molecule has 2 rings (SSSR count). The number of aromatic carboxylic acids is 2. The maximum atomic E-state index is 11.9. The average Bonchev–Trinajstić information content (AvgIpc) is 2.47. The Morgan fingerprint density at radius 3 is 1.43 bits per heavy atom. The Kier molecular flexibility index (Phi) is 4.51. The van der Waals surface area contributed by atoms with E-state index in [2.05, 4.69) is 8.37 Å². The summed E-state index contributed by atoms with van der Waals surface area (Å²) in [6, 6.07) is 10.1. The molecule has 0 atom stereocenters. The molecule has 0 fully saturated rings. The number of hydrogen-bond donors (Lipinski definition) is 2. The molecule has 120 valence electrons. The van der Waals surface area contributed by atoms with E-state index in [4.69, 9.17) is 10.2 Å². The van der Waals surface area contributed by atoms with Crippen molar-refractivity contribution in [3.05, 3.63) is 59.7 Å². The second-order valence-corrected chi connectivity index (χ2v) is 5.33. The molecule has 0 saturated heterocycles. The van der Waals surface area contributed by atoms with Gasteiger partial charge in [-0.15, -0.1) is 8.42 Å². The van der Waals surface area contributed by atoms with Gasteiger partial charge in [-0.1, -0.05) is 24.3 Å². The highest BCUT2D eigenvalue weighted by Crippen LogP contribution is 2.24. The highest BCUT2D eigenvalue weighted by molar-refractivity contribution is 7.82. The van der Waals surface area contributed by atoms with E-state index in [-0.39, 0.29) is 11.1 Å². The lowest BCUT2D eigenvalue weighted by atomic mass is 10.2. The zero-order chi connectivity index (χ0) is 17.0. The van der Waals surface area contributed by atoms with E-state index in [1.54, 1.807) is 0 Å². The molecule has 0 heterocycles. The normalized spacial score (nSPS) is 10.8. The minimum atomic E-state index is -4.73. The molecule has 0 aliphatic carbocycles. The molecule has 0 saturated carbocycles. The highest BCUT2D eigenvalue weighted by atomic mass is 32.3. The summed E-state index contributed by atoms with van der Waals surface area (Å²) in [5.41, 5.74) is -0.766. The monoisotopic (exact) mass is 338 g/mol. The molecule has 8 nitrogen and oxygen atoms in total. The van der Waals surface area contributed by atoms with Gasteiger partial charge in [0.15, 0.2) is 11.5 Å². The summed E-state index contributed by atoms with van der Waals surface area (Å²) in [7, 11) is -4.73. The molecule has 2 aromatic carbocycles. The average molecular weight is 338 g/mol. The van der Waals surface area contributed by atoms with Crippen LogP contribution in [0.2, 0.25) is 0 Å². The first-order chi connectivity index (χ1) is 10.8. The van der Waals surface area contributed by atoms with Crippen LogP contribution in [0.4, 0.5) is 0 Å². The van der Waals surface area contributed by atoms with Crippen molar-refractivity contribution in [2.24, 2.45) is 0 Å². The minimum Gasteiger partial charge on any atom is -0.478 e. The first kappa shape index (κ1) is 16.3. The predicted molar refractivity (Wildman–Crippen MR) is 77.0 cm³/mol. The van der Waals surface area contributed by atoms with Gasteiger partial charge in [-0.25, -0.2) is 9.59 Å². The van der Waals surface area contributed by atoms with E-state index in [1.807, 2.05) is 0 Å². The van der Waals surface area contributed by atoms with Crippen LogP contribution in [0.15, 0.2) is 48.5 Å². The summed E-state index contributed by atoms with van der Waals surface area (Å²) < 4.78 is 33.0. The van der Waals surface area contributed by atoms with Crippen LogP contribution in [0.3, 0.4) is 0 Å². The zero-order valence-electron chi connectivity index (χ0n) is 11.4. The number of carbonyl (C=O) groups is 2. The van der Waals surface area contributed by atoms with Crippen molar-refractivity contribution in [3.63, 3.8) is 0 Å². The van der Waals surface area contributed by atoms with Crippen molar-refractivity contribution < 1.29 is 36.6 Å². The lowest BCUT2D eigenvalue weighted by molar-refractivity contribution is 0.0684. The molecule has 9 heteroatoms. The SMILES string of the molecule is O=C(O)c1ccccc1OS(=O)(=O)Oc1ccccc1C(=O)O. The zero-order valence-corrected chi connectivity index (χ0v) is 12.2. The van der Waals surface area contributed by atoms with Crippen LogP contribution in [0.1, 0.15) is 20.7 Å². The summed E-state index contributed by atoms with van der Waals surface area (Å²) in [4.78, 5) is 22.0. The molecule has 0 unspecified atom stereocenters. The lowest BCUT2D eigenvalue weighted by Crippen LogP contribution is -2.19. The van der Waals surface area contributed by atoms with Crippen molar-refractivity contribution >= 4 is 22.3 Å². The molecule has 0 aliphatic heterocycles. The maximum Gasteiger partial charge on any atom is 0.501 e. The van der Waals surface area contributed by atoms with Gasteiger partial charge < -0.3 is 18.6 Å². The van der Waals surface area contributed by atoms with Gasteiger partial charge in [-0.3, -0.25) is 0 Å². The maximum absolute atomic E-state index is 11.9.